The molecule has 0 aliphatic rings. The number of nitrogens with zero attached hydrogens (tertiary/aromatic N) is 1. The highest BCUT2D eigenvalue weighted by Gasteiger charge is 2.09. The van der Waals surface area contributed by atoms with Crippen molar-refractivity contribution in [2.24, 2.45) is 0 Å². The fourth-order valence-electron chi connectivity index (χ4n) is 2.14. The maximum atomic E-state index is 13.3. The number of aromatic nitrogens is 1. The molecule has 0 spiro atoms. The fourth-order valence-corrected chi connectivity index (χ4v) is 2.40. The van der Waals surface area contributed by atoms with Gasteiger partial charge in [0.2, 0.25) is 0 Å². The summed E-state index contributed by atoms with van der Waals surface area (Å²) < 4.78 is 14.2. The lowest BCUT2D eigenvalue weighted by atomic mass is 10.0. The normalized spacial score (nSPS) is 10.8. The summed E-state index contributed by atoms with van der Waals surface area (Å²) in [7, 11) is 0. The van der Waals surface area contributed by atoms with E-state index in [9.17, 15) is 14.3 Å². The van der Waals surface area contributed by atoms with Gasteiger partial charge < -0.3 is 9.90 Å². The van der Waals surface area contributed by atoms with Gasteiger partial charge >= 0.3 is 0 Å². The summed E-state index contributed by atoms with van der Waals surface area (Å²) in [5, 5.41) is 11.5. The first-order valence-corrected chi connectivity index (χ1v) is 6.91. The topological polar surface area (TPSA) is 53.0 Å². The number of halogens is 2. The zero-order chi connectivity index (χ0) is 15.0. The van der Waals surface area contributed by atoms with E-state index in [1.54, 1.807) is 0 Å². The number of carbonyl (C=O) groups excluding carboxylic acids is 1. The predicted molar refractivity (Wildman–Crippen MR) is 79.2 cm³/mol. The quantitative estimate of drug-likeness (QED) is 0.717. The number of benzene rings is 2. The molecule has 5 heteroatoms. The van der Waals surface area contributed by atoms with E-state index in [4.69, 9.17) is 0 Å². The van der Waals surface area contributed by atoms with Gasteiger partial charge in [0, 0.05) is 21.0 Å². The van der Waals surface area contributed by atoms with E-state index in [1.165, 1.54) is 18.2 Å². The Balaban J connectivity index is 2.28. The molecular weight excluding hydrogens is 337 g/mol. The van der Waals surface area contributed by atoms with E-state index in [0.717, 1.165) is 16.1 Å². The van der Waals surface area contributed by atoms with Gasteiger partial charge in [-0.1, -0.05) is 28.1 Å². The summed E-state index contributed by atoms with van der Waals surface area (Å²) in [6.07, 6.45) is 0. The van der Waals surface area contributed by atoms with Gasteiger partial charge in [0.15, 0.2) is 0 Å². The van der Waals surface area contributed by atoms with Gasteiger partial charge in [-0.3, -0.25) is 0 Å². The first kappa shape index (κ1) is 13.7. The van der Waals surface area contributed by atoms with Gasteiger partial charge in [0.05, 0.1) is 17.2 Å². The molecule has 0 radical (unpaired) electrons. The van der Waals surface area contributed by atoms with Gasteiger partial charge in [0.1, 0.15) is 5.82 Å². The summed E-state index contributed by atoms with van der Waals surface area (Å²) in [4.78, 5) is 15.7. The Kier molecular flexibility index (Phi) is 3.43. The van der Waals surface area contributed by atoms with Crippen molar-refractivity contribution in [1.82, 2.24) is 4.98 Å². The molecule has 21 heavy (non-hydrogen) atoms. The lowest BCUT2D eigenvalue weighted by molar-refractivity contribution is -0.254. The Labute approximate surface area is 128 Å². The molecule has 0 bridgehead atoms. The van der Waals surface area contributed by atoms with Gasteiger partial charge in [0.25, 0.3) is 0 Å². The van der Waals surface area contributed by atoms with E-state index in [1.807, 2.05) is 24.3 Å². The van der Waals surface area contributed by atoms with E-state index < -0.39 is 11.8 Å². The van der Waals surface area contributed by atoms with Crippen LogP contribution in [-0.4, -0.2) is 11.0 Å². The minimum Gasteiger partial charge on any atom is -0.545 e. The molecule has 2 aromatic carbocycles. The maximum Gasteiger partial charge on any atom is 0.123 e. The number of aromatic carboxylic acids is 1. The maximum absolute atomic E-state index is 13.3. The Hall–Kier alpha value is -2.27. The second kappa shape index (κ2) is 5.26. The average molecular weight is 345 g/mol. The van der Waals surface area contributed by atoms with E-state index in [2.05, 4.69) is 20.9 Å². The van der Waals surface area contributed by atoms with Crippen LogP contribution in [0, 0.1) is 5.82 Å². The lowest BCUT2D eigenvalue weighted by Crippen LogP contribution is -2.22. The molecule has 0 atom stereocenters. The molecule has 3 nitrogen and oxygen atoms in total. The molecule has 0 unspecified atom stereocenters. The van der Waals surface area contributed by atoms with Gasteiger partial charge in [-0.2, -0.15) is 0 Å². The number of hydrogen-bond acceptors (Lipinski definition) is 3. The summed E-state index contributed by atoms with van der Waals surface area (Å²) in [6, 6.07) is 12.6. The van der Waals surface area contributed by atoms with Crippen LogP contribution >= 0.6 is 15.9 Å². The minimum atomic E-state index is -1.36. The highest BCUT2D eigenvalue weighted by molar-refractivity contribution is 9.10. The van der Waals surface area contributed by atoms with Gasteiger partial charge in [-0.15, -0.1) is 0 Å². The third kappa shape index (κ3) is 2.64. The van der Waals surface area contributed by atoms with Crippen molar-refractivity contribution in [2.45, 2.75) is 0 Å². The molecule has 104 valence electrons. The van der Waals surface area contributed by atoms with E-state index in [0.29, 0.717) is 11.2 Å². The second-order valence-electron chi connectivity index (χ2n) is 4.51. The minimum absolute atomic E-state index is 0.0718. The number of carboxylic acid groups (broad SMARTS) is 1. The highest BCUT2D eigenvalue weighted by atomic mass is 79.9. The molecule has 0 aliphatic carbocycles. The smallest absolute Gasteiger partial charge is 0.123 e. The van der Waals surface area contributed by atoms with Gasteiger partial charge in [-0.25, -0.2) is 9.37 Å². The summed E-state index contributed by atoms with van der Waals surface area (Å²) in [5.41, 5.74) is 1.61. The number of carbonyl (C=O) groups is 1. The predicted octanol–water partition coefficient (Wildman–Crippen LogP) is 3.17. The molecule has 0 saturated heterocycles. The first-order chi connectivity index (χ1) is 10.0. The molecule has 0 N–H and O–H groups in total. The number of hydrogen-bond donors (Lipinski definition) is 0. The van der Waals surface area contributed by atoms with Crippen molar-refractivity contribution in [3.63, 3.8) is 0 Å². The van der Waals surface area contributed by atoms with Crippen LogP contribution in [0.1, 0.15) is 10.4 Å². The summed E-state index contributed by atoms with van der Waals surface area (Å²) in [5.74, 6) is -1.87. The molecule has 0 amide bonds. The molecule has 0 saturated carbocycles. The van der Waals surface area contributed by atoms with Crippen molar-refractivity contribution < 1.29 is 14.3 Å². The number of fused-ring (bicyclic) bond motifs is 1. The Morgan fingerprint density at radius 2 is 1.81 bits per heavy atom. The Morgan fingerprint density at radius 1 is 1.10 bits per heavy atom. The number of pyridine rings is 1. The van der Waals surface area contributed by atoms with Crippen molar-refractivity contribution in [3.05, 3.63) is 64.4 Å². The number of rotatable bonds is 2. The molecule has 3 aromatic rings. The SMILES string of the molecule is O=C([O-])c1cc(-c2ccc(Br)cc2)nc2ccc(F)cc12. The first-order valence-electron chi connectivity index (χ1n) is 6.12. The molecule has 1 aromatic heterocycles. The van der Waals surface area contributed by atoms with Gasteiger partial charge in [-0.05, 0) is 36.4 Å². The summed E-state index contributed by atoms with van der Waals surface area (Å²) >= 11 is 3.34. The van der Waals surface area contributed by atoms with E-state index >= 15 is 0 Å². The van der Waals surface area contributed by atoms with Crippen LogP contribution in [0.15, 0.2) is 53.0 Å². The van der Waals surface area contributed by atoms with Crippen molar-refractivity contribution in [2.75, 3.05) is 0 Å². The van der Waals surface area contributed by atoms with Crippen LogP contribution in [0.2, 0.25) is 0 Å². The molecule has 1 heterocycles. The Bertz CT molecular complexity index is 847. The third-order valence-corrected chi connectivity index (χ3v) is 3.66. The van der Waals surface area contributed by atoms with Crippen molar-refractivity contribution >= 4 is 32.8 Å². The Morgan fingerprint density at radius 3 is 2.48 bits per heavy atom. The zero-order valence-electron chi connectivity index (χ0n) is 10.6. The van der Waals surface area contributed by atoms with E-state index in [-0.39, 0.29) is 10.9 Å². The van der Waals surface area contributed by atoms with Crippen LogP contribution in [0.3, 0.4) is 0 Å². The van der Waals surface area contributed by atoms with Crippen LogP contribution in [0.5, 0.6) is 0 Å². The standard InChI is InChI=1S/C16H9BrFNO2/c17-10-3-1-9(2-4-10)15-8-13(16(20)21)12-7-11(18)5-6-14(12)19-15/h1-8H,(H,20,21)/p-1. The van der Waals surface area contributed by atoms with Crippen LogP contribution in [-0.2, 0) is 0 Å². The van der Waals surface area contributed by atoms with Crippen LogP contribution < -0.4 is 5.11 Å². The average Bonchev–Trinajstić information content (AvgIpc) is 2.46. The molecule has 0 fully saturated rings. The van der Waals surface area contributed by atoms with Crippen LogP contribution in [0.4, 0.5) is 4.39 Å². The lowest BCUT2D eigenvalue weighted by Gasteiger charge is -2.10. The fraction of sp³-hybridized carbons (Fsp3) is 0. The third-order valence-electron chi connectivity index (χ3n) is 3.13. The van der Waals surface area contributed by atoms with Crippen molar-refractivity contribution in [1.29, 1.82) is 0 Å². The van der Waals surface area contributed by atoms with Crippen LogP contribution in [0.25, 0.3) is 22.2 Å². The summed E-state index contributed by atoms with van der Waals surface area (Å²) in [6.45, 7) is 0. The molecule has 0 aliphatic heterocycles. The molecule has 3 rings (SSSR count). The highest BCUT2D eigenvalue weighted by Crippen LogP contribution is 2.26. The largest absolute Gasteiger partial charge is 0.545 e. The second-order valence-corrected chi connectivity index (χ2v) is 5.43. The molecular formula is C16H8BrFNO2-. The zero-order valence-corrected chi connectivity index (χ0v) is 12.2. The number of carboxylic acids is 1. The monoisotopic (exact) mass is 344 g/mol. The van der Waals surface area contributed by atoms with Crippen molar-refractivity contribution in [3.8, 4) is 11.3 Å².